The Labute approximate surface area is 229 Å². The summed E-state index contributed by atoms with van der Waals surface area (Å²) in [6.45, 7) is 7.95. The van der Waals surface area contributed by atoms with Crippen LogP contribution in [-0.2, 0) is 47.6 Å². The minimum Gasteiger partial charge on any atom is -0.466 e. The molecule has 222 valence electrons. The Hall–Kier alpha value is -2.89. The number of esters is 4. The van der Waals surface area contributed by atoms with Crippen molar-refractivity contribution in [2.24, 2.45) is 5.11 Å². The molecule has 0 radical (unpaired) electrons. The standard InChI is InChI=1S/C26H43N3O10/c1-6-7-15-34-22(33)16-21(13-11-9-8-10-12-14-28-29-27)39-26-25(38-20(5)32)24(37-19(4)31)23(17(2)35-26)36-18(3)30/h17,21,23-26H,6-16H2,1-5H3/t17?,21?,23-,24-,25?,26-/m0/s1. The van der Waals surface area contributed by atoms with E-state index in [4.69, 9.17) is 34.0 Å². The van der Waals surface area contributed by atoms with Gasteiger partial charge in [0.15, 0.2) is 24.6 Å². The van der Waals surface area contributed by atoms with Crippen LogP contribution in [0.4, 0.5) is 0 Å². The van der Waals surface area contributed by atoms with Crippen molar-refractivity contribution in [3.05, 3.63) is 10.4 Å². The Morgan fingerprint density at radius 2 is 1.46 bits per heavy atom. The second-order valence-electron chi connectivity index (χ2n) is 9.48. The summed E-state index contributed by atoms with van der Waals surface area (Å²) in [5.41, 5.74) is 8.36. The molecule has 13 nitrogen and oxygen atoms in total. The highest BCUT2D eigenvalue weighted by Gasteiger charge is 2.51. The van der Waals surface area contributed by atoms with Gasteiger partial charge in [-0.2, -0.15) is 0 Å². The van der Waals surface area contributed by atoms with Gasteiger partial charge in [0.2, 0.25) is 0 Å². The van der Waals surface area contributed by atoms with Gasteiger partial charge in [-0.15, -0.1) is 0 Å². The maximum atomic E-state index is 12.5. The van der Waals surface area contributed by atoms with Crippen molar-refractivity contribution >= 4 is 23.9 Å². The smallest absolute Gasteiger partial charge is 0.308 e. The molecule has 0 aliphatic carbocycles. The second-order valence-corrected chi connectivity index (χ2v) is 9.48. The SMILES string of the molecule is CCCCOC(=O)CC(CCCCCCCN=[N+]=[N-])O[C@@H]1OC(C)[C@H](OC(C)=O)[C@H](OC(C)=O)C1OC(C)=O. The zero-order valence-corrected chi connectivity index (χ0v) is 23.7. The topological polar surface area (TPSA) is 172 Å². The van der Waals surface area contributed by atoms with Crippen molar-refractivity contribution in [3.63, 3.8) is 0 Å². The third kappa shape index (κ3) is 14.2. The monoisotopic (exact) mass is 557 g/mol. The summed E-state index contributed by atoms with van der Waals surface area (Å²) < 4.78 is 33.7. The Morgan fingerprint density at radius 3 is 2.08 bits per heavy atom. The summed E-state index contributed by atoms with van der Waals surface area (Å²) in [7, 11) is 0. The van der Waals surface area contributed by atoms with E-state index in [2.05, 4.69) is 10.0 Å². The number of carbonyl (C=O) groups is 4. The van der Waals surface area contributed by atoms with Crippen molar-refractivity contribution in [3.8, 4) is 0 Å². The van der Waals surface area contributed by atoms with Gasteiger partial charge in [-0.05, 0) is 31.7 Å². The molecule has 0 saturated carbocycles. The van der Waals surface area contributed by atoms with E-state index in [1.165, 1.54) is 20.8 Å². The first kappa shape index (κ1) is 34.1. The summed E-state index contributed by atoms with van der Waals surface area (Å²) in [4.78, 5) is 50.8. The highest BCUT2D eigenvalue weighted by Crippen LogP contribution is 2.31. The molecule has 13 heteroatoms. The zero-order chi connectivity index (χ0) is 29.2. The summed E-state index contributed by atoms with van der Waals surface area (Å²) in [5.74, 6) is -2.40. The molecular formula is C26H43N3O10. The molecule has 1 rings (SSSR count). The summed E-state index contributed by atoms with van der Waals surface area (Å²) in [6, 6.07) is 0. The first-order valence-corrected chi connectivity index (χ1v) is 13.6. The number of unbranched alkanes of at least 4 members (excludes halogenated alkanes) is 5. The largest absolute Gasteiger partial charge is 0.466 e. The van der Waals surface area contributed by atoms with E-state index in [0.717, 1.165) is 44.9 Å². The van der Waals surface area contributed by atoms with Crippen LogP contribution in [0.15, 0.2) is 5.11 Å². The van der Waals surface area contributed by atoms with Crippen LogP contribution in [0.2, 0.25) is 0 Å². The van der Waals surface area contributed by atoms with Crippen molar-refractivity contribution in [1.29, 1.82) is 0 Å². The lowest BCUT2D eigenvalue weighted by Crippen LogP contribution is -2.61. The molecule has 0 aromatic rings. The predicted octanol–water partition coefficient (Wildman–Crippen LogP) is 4.30. The Bertz CT molecular complexity index is 833. The molecule has 0 N–H and O–H groups in total. The number of hydrogen-bond acceptors (Lipinski definition) is 11. The number of carbonyl (C=O) groups excluding carboxylic acids is 4. The van der Waals surface area contributed by atoms with Gasteiger partial charge in [-0.1, -0.05) is 44.1 Å². The van der Waals surface area contributed by atoms with Gasteiger partial charge < -0.3 is 28.4 Å². The van der Waals surface area contributed by atoms with Crippen molar-refractivity contribution in [2.45, 2.75) is 129 Å². The average Bonchev–Trinajstić information content (AvgIpc) is 2.84. The van der Waals surface area contributed by atoms with Gasteiger partial charge >= 0.3 is 23.9 Å². The maximum absolute atomic E-state index is 12.5. The summed E-state index contributed by atoms with van der Waals surface area (Å²) >= 11 is 0. The molecule has 0 amide bonds. The van der Waals surface area contributed by atoms with Gasteiger partial charge in [-0.3, -0.25) is 19.2 Å². The first-order valence-electron chi connectivity index (χ1n) is 13.6. The normalized spacial score (nSPS) is 23.2. The van der Waals surface area contributed by atoms with E-state index in [-0.39, 0.29) is 6.42 Å². The van der Waals surface area contributed by atoms with Gasteiger partial charge in [0, 0.05) is 32.2 Å². The first-order chi connectivity index (χ1) is 18.6. The molecular weight excluding hydrogens is 514 g/mol. The molecule has 0 aromatic heterocycles. The van der Waals surface area contributed by atoms with Gasteiger partial charge in [-0.25, -0.2) is 0 Å². The van der Waals surface area contributed by atoms with Crippen LogP contribution < -0.4 is 0 Å². The number of nitrogens with zero attached hydrogens (tertiary/aromatic N) is 3. The fourth-order valence-corrected chi connectivity index (χ4v) is 4.19. The van der Waals surface area contributed by atoms with Crippen LogP contribution in [0, 0.1) is 0 Å². The van der Waals surface area contributed by atoms with E-state index in [0.29, 0.717) is 19.6 Å². The van der Waals surface area contributed by atoms with Crippen LogP contribution in [-0.4, -0.2) is 73.8 Å². The molecule has 1 aliphatic heterocycles. The van der Waals surface area contributed by atoms with Gasteiger partial charge in [0.05, 0.1) is 25.2 Å². The van der Waals surface area contributed by atoms with Gasteiger partial charge in [0.1, 0.15) is 0 Å². The van der Waals surface area contributed by atoms with Gasteiger partial charge in [0.25, 0.3) is 0 Å². The Morgan fingerprint density at radius 1 is 0.872 bits per heavy atom. The lowest BCUT2D eigenvalue weighted by molar-refractivity contribution is -0.310. The molecule has 0 bridgehead atoms. The minimum absolute atomic E-state index is 0.0484. The zero-order valence-electron chi connectivity index (χ0n) is 23.7. The third-order valence-electron chi connectivity index (χ3n) is 5.96. The quantitative estimate of drug-likeness (QED) is 0.0590. The van der Waals surface area contributed by atoms with Crippen LogP contribution in [0.5, 0.6) is 0 Å². The second kappa shape index (κ2) is 19.2. The van der Waals surface area contributed by atoms with E-state index in [1.807, 2.05) is 6.92 Å². The molecule has 6 atom stereocenters. The fraction of sp³-hybridized carbons (Fsp3) is 0.846. The number of hydrogen-bond donors (Lipinski definition) is 0. The predicted molar refractivity (Wildman–Crippen MR) is 138 cm³/mol. The molecule has 3 unspecified atom stereocenters. The van der Waals surface area contributed by atoms with Crippen LogP contribution in [0.25, 0.3) is 10.4 Å². The molecule has 1 heterocycles. The van der Waals surface area contributed by atoms with Crippen LogP contribution in [0.1, 0.15) is 92.4 Å². The molecule has 39 heavy (non-hydrogen) atoms. The minimum atomic E-state index is -1.24. The van der Waals surface area contributed by atoms with Crippen molar-refractivity contribution < 1.29 is 47.6 Å². The Kier molecular flexibility index (Phi) is 16.8. The third-order valence-corrected chi connectivity index (χ3v) is 5.96. The average molecular weight is 558 g/mol. The number of rotatable bonds is 18. The molecule has 1 fully saturated rings. The van der Waals surface area contributed by atoms with Crippen molar-refractivity contribution in [2.75, 3.05) is 13.2 Å². The Balaban J connectivity index is 3.03. The van der Waals surface area contributed by atoms with E-state index >= 15 is 0 Å². The summed E-state index contributed by atoms with van der Waals surface area (Å²) in [6.07, 6.45) is 0.204. The summed E-state index contributed by atoms with van der Waals surface area (Å²) in [5, 5.41) is 3.53. The van der Waals surface area contributed by atoms with E-state index in [9.17, 15) is 19.2 Å². The lowest BCUT2D eigenvalue weighted by Gasteiger charge is -2.44. The molecule has 1 aliphatic rings. The van der Waals surface area contributed by atoms with E-state index in [1.54, 1.807) is 6.92 Å². The van der Waals surface area contributed by atoms with E-state index < -0.39 is 60.7 Å². The van der Waals surface area contributed by atoms with Crippen LogP contribution in [0.3, 0.4) is 0 Å². The highest BCUT2D eigenvalue weighted by atomic mass is 16.7. The maximum Gasteiger partial charge on any atom is 0.308 e. The molecule has 1 saturated heterocycles. The fourth-order valence-electron chi connectivity index (χ4n) is 4.19. The number of ether oxygens (including phenoxy) is 6. The van der Waals surface area contributed by atoms with Crippen LogP contribution >= 0.6 is 0 Å². The number of azide groups is 1. The highest BCUT2D eigenvalue weighted by molar-refractivity contribution is 5.70. The lowest BCUT2D eigenvalue weighted by atomic mass is 9.98. The molecule has 0 spiro atoms. The molecule has 0 aromatic carbocycles. The van der Waals surface area contributed by atoms with Crippen molar-refractivity contribution in [1.82, 2.24) is 0 Å².